The molecule has 0 saturated carbocycles. The van der Waals surface area contributed by atoms with Gasteiger partial charge in [0, 0.05) is 11.5 Å². The second-order valence-corrected chi connectivity index (χ2v) is 6.82. The molecule has 0 fully saturated rings. The standard InChI is InChI=1S/C19H20N4O4/c1-19(2,3)18(12-9-14-7-5-4-6-8-14)21-20-16-11-10-15(22(24)25)13-17(16)23(26)27/h4-13,20H,1-3H3/b12-9-,21-18?. The number of nitro benzene ring substituents is 2. The van der Waals surface area contributed by atoms with Crippen molar-refractivity contribution in [2.45, 2.75) is 20.8 Å². The zero-order valence-corrected chi connectivity index (χ0v) is 15.2. The molecule has 8 nitrogen and oxygen atoms in total. The molecule has 0 aliphatic rings. The number of hydrazone groups is 1. The minimum atomic E-state index is -0.679. The summed E-state index contributed by atoms with van der Waals surface area (Å²) < 4.78 is 0. The van der Waals surface area contributed by atoms with Crippen LogP contribution in [0.1, 0.15) is 26.3 Å². The Morgan fingerprint density at radius 1 is 1.04 bits per heavy atom. The molecule has 0 spiro atoms. The van der Waals surface area contributed by atoms with Crippen LogP contribution in [0.3, 0.4) is 0 Å². The minimum Gasteiger partial charge on any atom is -0.271 e. The van der Waals surface area contributed by atoms with E-state index in [1.54, 1.807) is 0 Å². The third-order valence-corrected chi connectivity index (χ3v) is 3.69. The maximum Gasteiger partial charge on any atom is 0.301 e. The van der Waals surface area contributed by atoms with E-state index in [4.69, 9.17) is 0 Å². The highest BCUT2D eigenvalue weighted by Gasteiger charge is 2.21. The van der Waals surface area contributed by atoms with Gasteiger partial charge < -0.3 is 0 Å². The number of hydrogen-bond donors (Lipinski definition) is 1. The smallest absolute Gasteiger partial charge is 0.271 e. The molecule has 0 aliphatic heterocycles. The number of nitrogens with zero attached hydrogens (tertiary/aromatic N) is 3. The fraction of sp³-hybridized carbons (Fsp3) is 0.211. The summed E-state index contributed by atoms with van der Waals surface area (Å²) >= 11 is 0. The summed E-state index contributed by atoms with van der Waals surface area (Å²) in [6.07, 6.45) is 3.73. The molecule has 2 aromatic carbocycles. The molecule has 0 atom stereocenters. The van der Waals surface area contributed by atoms with Crippen molar-refractivity contribution in [2.75, 3.05) is 5.43 Å². The average molecular weight is 368 g/mol. The summed E-state index contributed by atoms with van der Waals surface area (Å²) in [6.45, 7) is 5.90. The molecular formula is C19H20N4O4. The summed E-state index contributed by atoms with van der Waals surface area (Å²) in [5.41, 5.74) is 3.34. The van der Waals surface area contributed by atoms with Crippen molar-refractivity contribution in [3.63, 3.8) is 0 Å². The molecular weight excluding hydrogens is 348 g/mol. The third-order valence-electron chi connectivity index (χ3n) is 3.69. The van der Waals surface area contributed by atoms with Gasteiger partial charge in [-0.3, -0.25) is 25.7 Å². The highest BCUT2D eigenvalue weighted by atomic mass is 16.6. The Bertz CT molecular complexity index is 900. The molecule has 8 heteroatoms. The number of non-ortho nitro benzene ring substituents is 1. The van der Waals surface area contributed by atoms with E-state index in [0.717, 1.165) is 11.6 Å². The minimum absolute atomic E-state index is 0.0838. The number of nitro groups is 2. The highest BCUT2D eigenvalue weighted by molar-refractivity contribution is 6.02. The van der Waals surface area contributed by atoms with Crippen molar-refractivity contribution in [3.05, 3.63) is 80.4 Å². The largest absolute Gasteiger partial charge is 0.301 e. The SMILES string of the molecule is CC(C)(C)C(/C=C\c1ccccc1)=NNc1ccc([N+](=O)[O-])cc1[N+](=O)[O-]. The fourth-order valence-corrected chi connectivity index (χ4v) is 2.19. The summed E-state index contributed by atoms with van der Waals surface area (Å²) in [4.78, 5) is 20.7. The molecule has 0 heterocycles. The van der Waals surface area contributed by atoms with Gasteiger partial charge in [0.2, 0.25) is 0 Å². The van der Waals surface area contributed by atoms with Gasteiger partial charge in [-0.1, -0.05) is 57.2 Å². The maximum atomic E-state index is 11.2. The quantitative estimate of drug-likeness (QED) is 0.437. The highest BCUT2D eigenvalue weighted by Crippen LogP contribution is 2.29. The number of anilines is 1. The first kappa shape index (κ1) is 19.8. The van der Waals surface area contributed by atoms with Crippen LogP contribution in [-0.4, -0.2) is 15.6 Å². The Hall–Kier alpha value is -3.55. The van der Waals surface area contributed by atoms with Crippen LogP contribution in [-0.2, 0) is 0 Å². The molecule has 2 aromatic rings. The number of rotatable bonds is 6. The second kappa shape index (κ2) is 8.22. The van der Waals surface area contributed by atoms with Crippen LogP contribution in [0.4, 0.5) is 17.1 Å². The molecule has 1 N–H and O–H groups in total. The van der Waals surface area contributed by atoms with Gasteiger partial charge in [-0.25, -0.2) is 0 Å². The van der Waals surface area contributed by atoms with Crippen molar-refractivity contribution >= 4 is 28.8 Å². The fourth-order valence-electron chi connectivity index (χ4n) is 2.19. The van der Waals surface area contributed by atoms with Crippen LogP contribution < -0.4 is 5.43 Å². The van der Waals surface area contributed by atoms with Crippen LogP contribution in [0.5, 0.6) is 0 Å². The maximum absolute atomic E-state index is 11.2. The summed E-state index contributed by atoms with van der Waals surface area (Å²) in [5.74, 6) is 0. The lowest BCUT2D eigenvalue weighted by Gasteiger charge is -2.18. The van der Waals surface area contributed by atoms with Gasteiger partial charge in [0.25, 0.3) is 5.69 Å². The van der Waals surface area contributed by atoms with E-state index in [-0.39, 0.29) is 16.8 Å². The van der Waals surface area contributed by atoms with Crippen LogP contribution in [0.25, 0.3) is 6.08 Å². The first-order valence-electron chi connectivity index (χ1n) is 8.18. The van der Waals surface area contributed by atoms with Gasteiger partial charge in [0.15, 0.2) is 0 Å². The Balaban J connectivity index is 2.35. The van der Waals surface area contributed by atoms with Crippen LogP contribution in [0, 0.1) is 25.6 Å². The summed E-state index contributed by atoms with van der Waals surface area (Å²) in [7, 11) is 0. The van der Waals surface area contributed by atoms with Crippen molar-refractivity contribution in [2.24, 2.45) is 10.5 Å². The number of benzene rings is 2. The number of hydrogen-bond acceptors (Lipinski definition) is 6. The topological polar surface area (TPSA) is 111 Å². The van der Waals surface area contributed by atoms with Gasteiger partial charge in [0.05, 0.1) is 21.6 Å². The molecule has 0 radical (unpaired) electrons. The molecule has 0 saturated heterocycles. The Morgan fingerprint density at radius 2 is 1.70 bits per heavy atom. The average Bonchev–Trinajstić information content (AvgIpc) is 2.61. The van der Waals surface area contributed by atoms with E-state index in [1.807, 2.05) is 63.3 Å². The third kappa shape index (κ3) is 5.46. The van der Waals surface area contributed by atoms with Gasteiger partial charge in [0.1, 0.15) is 5.69 Å². The lowest BCUT2D eigenvalue weighted by atomic mass is 9.89. The predicted octanol–water partition coefficient (Wildman–Crippen LogP) is 5.03. The predicted molar refractivity (Wildman–Crippen MR) is 106 cm³/mol. The molecule has 0 unspecified atom stereocenters. The first-order valence-corrected chi connectivity index (χ1v) is 8.18. The summed E-state index contributed by atoms with van der Waals surface area (Å²) in [6, 6.07) is 13.1. The number of nitrogens with one attached hydrogen (secondary N) is 1. The molecule has 0 aliphatic carbocycles. The van der Waals surface area contributed by atoms with E-state index in [1.165, 1.54) is 12.1 Å². The van der Waals surface area contributed by atoms with Crippen molar-refractivity contribution < 1.29 is 9.85 Å². The monoisotopic (exact) mass is 368 g/mol. The van der Waals surface area contributed by atoms with Gasteiger partial charge >= 0.3 is 5.69 Å². The molecule has 0 amide bonds. The van der Waals surface area contributed by atoms with Crippen LogP contribution in [0.2, 0.25) is 0 Å². The molecule has 0 aromatic heterocycles. The molecule has 140 valence electrons. The van der Waals surface area contributed by atoms with E-state index >= 15 is 0 Å². The molecule has 2 rings (SSSR count). The zero-order valence-electron chi connectivity index (χ0n) is 15.2. The summed E-state index contributed by atoms with van der Waals surface area (Å²) in [5, 5.41) is 26.4. The van der Waals surface area contributed by atoms with Gasteiger partial charge in [-0.2, -0.15) is 5.10 Å². The van der Waals surface area contributed by atoms with E-state index in [0.29, 0.717) is 5.71 Å². The number of allylic oxidation sites excluding steroid dienone is 1. The Labute approximate surface area is 156 Å². The first-order chi connectivity index (χ1) is 12.7. The molecule has 27 heavy (non-hydrogen) atoms. The zero-order chi connectivity index (χ0) is 20.0. The lowest BCUT2D eigenvalue weighted by Crippen LogP contribution is -2.19. The normalized spacial score (nSPS) is 12.2. The van der Waals surface area contributed by atoms with Crippen molar-refractivity contribution in [1.29, 1.82) is 0 Å². The second-order valence-electron chi connectivity index (χ2n) is 6.82. The lowest BCUT2D eigenvalue weighted by molar-refractivity contribution is -0.393. The van der Waals surface area contributed by atoms with Gasteiger partial charge in [-0.15, -0.1) is 0 Å². The van der Waals surface area contributed by atoms with Crippen molar-refractivity contribution in [3.8, 4) is 0 Å². The Morgan fingerprint density at radius 3 is 2.26 bits per heavy atom. The van der Waals surface area contributed by atoms with Crippen LogP contribution >= 0.6 is 0 Å². The van der Waals surface area contributed by atoms with Gasteiger partial charge in [-0.05, 0) is 17.7 Å². The van der Waals surface area contributed by atoms with Crippen LogP contribution in [0.15, 0.2) is 59.7 Å². The van der Waals surface area contributed by atoms with Crippen molar-refractivity contribution in [1.82, 2.24) is 0 Å². The van der Waals surface area contributed by atoms with E-state index < -0.39 is 15.5 Å². The molecule has 0 bridgehead atoms. The Kier molecular flexibility index (Phi) is 6.02. The van der Waals surface area contributed by atoms with E-state index in [2.05, 4.69) is 10.5 Å². The van der Waals surface area contributed by atoms with E-state index in [9.17, 15) is 20.2 Å².